The van der Waals surface area contributed by atoms with Gasteiger partial charge in [0.05, 0.1) is 15.2 Å². The molecule has 0 amide bonds. The van der Waals surface area contributed by atoms with Crippen LogP contribution in [0.2, 0.25) is 0 Å². The maximum atomic E-state index is 8.80. The van der Waals surface area contributed by atoms with Crippen LogP contribution in [0.1, 0.15) is 17.1 Å². The quantitative estimate of drug-likeness (QED) is 0.730. The van der Waals surface area contributed by atoms with E-state index in [9.17, 15) is 0 Å². The fourth-order valence-corrected chi connectivity index (χ4v) is 3.09. The van der Waals surface area contributed by atoms with Crippen molar-refractivity contribution in [3.05, 3.63) is 53.2 Å². The van der Waals surface area contributed by atoms with Crippen molar-refractivity contribution in [2.75, 3.05) is 11.9 Å². The molecule has 0 spiro atoms. The van der Waals surface area contributed by atoms with Crippen LogP contribution in [0.5, 0.6) is 0 Å². The Kier molecular flexibility index (Phi) is 4.08. The van der Waals surface area contributed by atoms with Gasteiger partial charge in [0.15, 0.2) is 0 Å². The number of nitrogens with zero attached hydrogens (tertiary/aromatic N) is 3. The highest BCUT2D eigenvalue weighted by Crippen LogP contribution is 2.22. The zero-order valence-corrected chi connectivity index (χ0v) is 12.2. The first-order valence-corrected chi connectivity index (χ1v) is 7.62. The number of nitriles is 1. The molecule has 104 valence electrons. The predicted molar refractivity (Wildman–Crippen MR) is 85.4 cm³/mol. The fourth-order valence-electron chi connectivity index (χ4n) is 2.08. The molecular formula is C16H14N4S. The van der Waals surface area contributed by atoms with Crippen LogP contribution >= 0.6 is 11.3 Å². The third-order valence-electron chi connectivity index (χ3n) is 3.08. The van der Waals surface area contributed by atoms with Gasteiger partial charge in [0.2, 0.25) is 0 Å². The first-order chi connectivity index (χ1) is 10.3. The fraction of sp³-hybridized carbons (Fsp3) is 0.188. The molecule has 1 aromatic carbocycles. The second-order valence-electron chi connectivity index (χ2n) is 4.63. The molecule has 5 heteroatoms. The first kappa shape index (κ1) is 13.5. The summed E-state index contributed by atoms with van der Waals surface area (Å²) in [6.07, 6.45) is 1.93. The number of aryl methyl sites for hydroxylation is 1. The number of benzene rings is 1. The van der Waals surface area contributed by atoms with Gasteiger partial charge in [-0.25, -0.2) is 9.97 Å². The van der Waals surface area contributed by atoms with Crippen molar-refractivity contribution in [3.63, 3.8) is 0 Å². The molecule has 0 aliphatic rings. The van der Waals surface area contributed by atoms with E-state index in [2.05, 4.69) is 21.4 Å². The summed E-state index contributed by atoms with van der Waals surface area (Å²) in [5.74, 6) is 0.748. The third kappa shape index (κ3) is 3.36. The van der Waals surface area contributed by atoms with Gasteiger partial charge in [0.1, 0.15) is 17.6 Å². The van der Waals surface area contributed by atoms with Crippen LogP contribution < -0.4 is 5.32 Å². The number of pyridine rings is 1. The first-order valence-electron chi connectivity index (χ1n) is 6.80. The molecule has 0 aliphatic heterocycles. The highest BCUT2D eigenvalue weighted by atomic mass is 32.1. The van der Waals surface area contributed by atoms with Gasteiger partial charge >= 0.3 is 0 Å². The molecular weight excluding hydrogens is 280 g/mol. The zero-order chi connectivity index (χ0) is 14.5. The van der Waals surface area contributed by atoms with Crippen molar-refractivity contribution in [1.29, 1.82) is 5.26 Å². The SMILES string of the molecule is N#Cc1cccc(NCCCc2nc3ccccc3s2)n1. The Labute approximate surface area is 127 Å². The van der Waals surface area contributed by atoms with Gasteiger partial charge in [0, 0.05) is 13.0 Å². The number of rotatable bonds is 5. The number of thiazole rings is 1. The second kappa shape index (κ2) is 6.33. The van der Waals surface area contributed by atoms with Gasteiger partial charge in [-0.15, -0.1) is 11.3 Å². The Hall–Kier alpha value is -2.45. The Bertz CT molecular complexity index is 755. The highest BCUT2D eigenvalue weighted by molar-refractivity contribution is 7.18. The van der Waals surface area contributed by atoms with E-state index in [4.69, 9.17) is 5.26 Å². The van der Waals surface area contributed by atoms with E-state index in [1.807, 2.05) is 36.4 Å². The van der Waals surface area contributed by atoms with Crippen molar-refractivity contribution in [2.24, 2.45) is 0 Å². The standard InChI is InChI=1S/C16H14N4S/c17-11-12-5-3-8-15(19-12)18-10-4-9-16-20-13-6-1-2-7-14(13)21-16/h1-3,5-8H,4,9-10H2,(H,18,19). The molecule has 3 rings (SSSR count). The van der Waals surface area contributed by atoms with Crippen LogP contribution in [0.15, 0.2) is 42.5 Å². The minimum atomic E-state index is 0.436. The number of hydrogen-bond acceptors (Lipinski definition) is 5. The Morgan fingerprint density at radius 1 is 1.10 bits per heavy atom. The number of para-hydroxylation sites is 1. The summed E-state index contributed by atoms with van der Waals surface area (Å²) in [5, 5.41) is 13.2. The molecule has 1 N–H and O–H groups in total. The Morgan fingerprint density at radius 3 is 2.86 bits per heavy atom. The van der Waals surface area contributed by atoms with Gasteiger partial charge in [-0.05, 0) is 30.7 Å². The molecule has 2 heterocycles. The number of hydrogen-bond donors (Lipinski definition) is 1. The van der Waals surface area contributed by atoms with E-state index < -0.39 is 0 Å². The van der Waals surface area contributed by atoms with Crippen LogP contribution in [-0.4, -0.2) is 16.5 Å². The van der Waals surface area contributed by atoms with Crippen molar-refractivity contribution in [2.45, 2.75) is 12.8 Å². The lowest BCUT2D eigenvalue weighted by Gasteiger charge is -2.04. The van der Waals surface area contributed by atoms with E-state index in [-0.39, 0.29) is 0 Å². The highest BCUT2D eigenvalue weighted by Gasteiger charge is 2.03. The van der Waals surface area contributed by atoms with E-state index in [1.165, 1.54) is 4.70 Å². The molecule has 0 saturated heterocycles. The van der Waals surface area contributed by atoms with Crippen molar-refractivity contribution in [1.82, 2.24) is 9.97 Å². The van der Waals surface area contributed by atoms with Gasteiger partial charge in [-0.1, -0.05) is 18.2 Å². The number of nitrogens with one attached hydrogen (secondary N) is 1. The van der Waals surface area contributed by atoms with Gasteiger partial charge < -0.3 is 5.32 Å². The molecule has 0 fully saturated rings. The van der Waals surface area contributed by atoms with E-state index in [0.29, 0.717) is 5.69 Å². The maximum Gasteiger partial charge on any atom is 0.142 e. The number of anilines is 1. The molecule has 0 aliphatic carbocycles. The lowest BCUT2D eigenvalue weighted by atomic mass is 10.3. The molecule has 2 aromatic heterocycles. The van der Waals surface area contributed by atoms with Crippen LogP contribution in [0.3, 0.4) is 0 Å². The summed E-state index contributed by atoms with van der Waals surface area (Å²) < 4.78 is 1.24. The zero-order valence-electron chi connectivity index (χ0n) is 11.4. The van der Waals surface area contributed by atoms with E-state index >= 15 is 0 Å². The smallest absolute Gasteiger partial charge is 0.142 e. The van der Waals surface area contributed by atoms with Crippen LogP contribution in [-0.2, 0) is 6.42 Å². The summed E-state index contributed by atoms with van der Waals surface area (Å²) in [7, 11) is 0. The van der Waals surface area contributed by atoms with E-state index in [1.54, 1.807) is 17.4 Å². The molecule has 0 saturated carbocycles. The number of fused-ring (bicyclic) bond motifs is 1. The predicted octanol–water partition coefficient (Wildman–Crippen LogP) is 3.61. The Balaban J connectivity index is 1.53. The lowest BCUT2D eigenvalue weighted by Crippen LogP contribution is -2.04. The normalized spacial score (nSPS) is 10.4. The minimum Gasteiger partial charge on any atom is -0.370 e. The molecule has 0 unspecified atom stereocenters. The van der Waals surface area contributed by atoms with Gasteiger partial charge in [-0.2, -0.15) is 5.26 Å². The van der Waals surface area contributed by atoms with E-state index in [0.717, 1.165) is 35.7 Å². The topological polar surface area (TPSA) is 61.6 Å². The molecule has 0 atom stereocenters. The van der Waals surface area contributed by atoms with Crippen molar-refractivity contribution in [3.8, 4) is 6.07 Å². The minimum absolute atomic E-state index is 0.436. The molecule has 4 nitrogen and oxygen atoms in total. The maximum absolute atomic E-state index is 8.80. The molecule has 21 heavy (non-hydrogen) atoms. The van der Waals surface area contributed by atoms with Crippen molar-refractivity contribution < 1.29 is 0 Å². The van der Waals surface area contributed by atoms with Gasteiger partial charge in [-0.3, -0.25) is 0 Å². The largest absolute Gasteiger partial charge is 0.370 e. The lowest BCUT2D eigenvalue weighted by molar-refractivity contribution is 0.853. The monoisotopic (exact) mass is 294 g/mol. The summed E-state index contributed by atoms with van der Waals surface area (Å²) in [6.45, 7) is 0.817. The van der Waals surface area contributed by atoms with Crippen molar-refractivity contribution >= 4 is 27.4 Å². The van der Waals surface area contributed by atoms with Crippen LogP contribution in [0.25, 0.3) is 10.2 Å². The van der Waals surface area contributed by atoms with Crippen LogP contribution in [0, 0.1) is 11.3 Å². The third-order valence-corrected chi connectivity index (χ3v) is 4.17. The Morgan fingerprint density at radius 2 is 2.00 bits per heavy atom. The molecule has 3 aromatic rings. The summed E-state index contributed by atoms with van der Waals surface area (Å²) >= 11 is 1.75. The average molecular weight is 294 g/mol. The second-order valence-corrected chi connectivity index (χ2v) is 5.74. The molecule has 0 radical (unpaired) electrons. The average Bonchev–Trinajstić information content (AvgIpc) is 2.94. The summed E-state index contributed by atoms with van der Waals surface area (Å²) in [6, 6.07) is 15.7. The summed E-state index contributed by atoms with van der Waals surface area (Å²) in [5.41, 5.74) is 1.51. The van der Waals surface area contributed by atoms with Gasteiger partial charge in [0.25, 0.3) is 0 Å². The summed E-state index contributed by atoms with van der Waals surface area (Å²) in [4.78, 5) is 8.80. The molecule has 0 bridgehead atoms. The van der Waals surface area contributed by atoms with Crippen LogP contribution in [0.4, 0.5) is 5.82 Å². The number of aromatic nitrogens is 2.